The maximum atomic E-state index is 11.9. The minimum Gasteiger partial charge on any atom is -0.472 e. The molecule has 0 fully saturated rings. The number of aromatic nitrogens is 2. The molecule has 0 unspecified atom stereocenters. The van der Waals surface area contributed by atoms with Gasteiger partial charge in [-0.1, -0.05) is 24.3 Å². The van der Waals surface area contributed by atoms with Crippen molar-refractivity contribution >= 4 is 0 Å². The summed E-state index contributed by atoms with van der Waals surface area (Å²) >= 11 is 0. The first-order valence-corrected chi connectivity index (χ1v) is 7.89. The Bertz CT molecular complexity index is 865. The highest BCUT2D eigenvalue weighted by molar-refractivity contribution is 5.55. The average molecular weight is 323 g/mol. The number of hydrogen-bond acceptors (Lipinski definition) is 4. The number of furan rings is 1. The van der Waals surface area contributed by atoms with Crippen LogP contribution in [0.4, 0.5) is 0 Å². The molecular weight excluding hydrogens is 302 g/mol. The molecule has 0 saturated heterocycles. The first-order valence-electron chi connectivity index (χ1n) is 7.89. The maximum absolute atomic E-state index is 11.9. The van der Waals surface area contributed by atoms with Crippen molar-refractivity contribution in [3.05, 3.63) is 75.6 Å². The second-order valence-corrected chi connectivity index (χ2v) is 6.13. The summed E-state index contributed by atoms with van der Waals surface area (Å²) in [6.45, 7) is 5.31. The van der Waals surface area contributed by atoms with Crippen LogP contribution in [0.2, 0.25) is 0 Å². The molecule has 124 valence electrons. The van der Waals surface area contributed by atoms with Gasteiger partial charge in [0.25, 0.3) is 5.56 Å². The maximum Gasteiger partial charge on any atom is 0.254 e. The van der Waals surface area contributed by atoms with Crippen molar-refractivity contribution < 1.29 is 4.42 Å². The smallest absolute Gasteiger partial charge is 0.254 e. The van der Waals surface area contributed by atoms with Crippen LogP contribution in [0.1, 0.15) is 22.4 Å². The summed E-state index contributed by atoms with van der Waals surface area (Å²) in [5.74, 6) is 0.612. The van der Waals surface area contributed by atoms with E-state index in [4.69, 9.17) is 4.42 Å². The monoisotopic (exact) mass is 323 g/mol. The lowest BCUT2D eigenvalue weighted by Crippen LogP contribution is -2.17. The SMILES string of the molecule is Cc1nc(-c2ccc(CN(C)Cc3ccoc3)cc2)[nH]c(=O)c1C. The van der Waals surface area contributed by atoms with Gasteiger partial charge < -0.3 is 9.40 Å². The van der Waals surface area contributed by atoms with Crippen molar-refractivity contribution in [2.75, 3.05) is 7.05 Å². The zero-order valence-corrected chi connectivity index (χ0v) is 14.2. The Hall–Kier alpha value is -2.66. The number of aryl methyl sites for hydroxylation is 1. The van der Waals surface area contributed by atoms with Crippen LogP contribution in [0.15, 0.2) is 52.1 Å². The number of aromatic amines is 1. The highest BCUT2D eigenvalue weighted by atomic mass is 16.3. The van der Waals surface area contributed by atoms with E-state index in [0.29, 0.717) is 11.4 Å². The molecule has 0 aliphatic rings. The Morgan fingerprint density at radius 2 is 1.79 bits per heavy atom. The number of H-pyrrole nitrogens is 1. The first-order chi connectivity index (χ1) is 11.5. The second kappa shape index (κ2) is 6.84. The number of rotatable bonds is 5. The molecule has 24 heavy (non-hydrogen) atoms. The molecule has 5 heteroatoms. The van der Waals surface area contributed by atoms with E-state index in [1.165, 1.54) is 5.56 Å². The van der Waals surface area contributed by atoms with E-state index in [1.54, 1.807) is 19.5 Å². The van der Waals surface area contributed by atoms with Crippen molar-refractivity contribution in [3.8, 4) is 11.4 Å². The Labute approximate surface area is 141 Å². The van der Waals surface area contributed by atoms with E-state index < -0.39 is 0 Å². The largest absolute Gasteiger partial charge is 0.472 e. The number of nitrogens with one attached hydrogen (secondary N) is 1. The summed E-state index contributed by atoms with van der Waals surface area (Å²) < 4.78 is 5.10. The lowest BCUT2D eigenvalue weighted by atomic mass is 10.1. The fraction of sp³-hybridized carbons (Fsp3) is 0.263. The molecule has 0 aliphatic carbocycles. The van der Waals surface area contributed by atoms with Gasteiger partial charge in [0.2, 0.25) is 0 Å². The lowest BCUT2D eigenvalue weighted by molar-refractivity contribution is 0.318. The van der Waals surface area contributed by atoms with Crippen LogP contribution in [-0.2, 0) is 13.1 Å². The molecule has 1 N–H and O–H groups in total. The Morgan fingerprint density at radius 1 is 1.08 bits per heavy atom. The predicted molar refractivity (Wildman–Crippen MR) is 93.6 cm³/mol. The highest BCUT2D eigenvalue weighted by Gasteiger charge is 2.07. The van der Waals surface area contributed by atoms with Gasteiger partial charge in [0.05, 0.1) is 12.5 Å². The third kappa shape index (κ3) is 3.63. The molecule has 1 aromatic carbocycles. The summed E-state index contributed by atoms with van der Waals surface area (Å²) in [6, 6.07) is 10.1. The van der Waals surface area contributed by atoms with Crippen LogP contribution in [-0.4, -0.2) is 21.9 Å². The molecule has 0 bridgehead atoms. The minimum atomic E-state index is -0.0820. The Balaban J connectivity index is 1.72. The van der Waals surface area contributed by atoms with Gasteiger partial charge in [-0.25, -0.2) is 4.98 Å². The van der Waals surface area contributed by atoms with Crippen molar-refractivity contribution in [1.82, 2.24) is 14.9 Å². The van der Waals surface area contributed by atoms with Crippen molar-refractivity contribution in [3.63, 3.8) is 0 Å². The lowest BCUT2D eigenvalue weighted by Gasteiger charge is -2.15. The quantitative estimate of drug-likeness (QED) is 0.783. The van der Waals surface area contributed by atoms with Crippen molar-refractivity contribution in [2.24, 2.45) is 0 Å². The van der Waals surface area contributed by atoms with Crippen LogP contribution in [0.3, 0.4) is 0 Å². The fourth-order valence-corrected chi connectivity index (χ4v) is 2.61. The van der Waals surface area contributed by atoms with E-state index in [0.717, 1.165) is 29.9 Å². The Kier molecular flexibility index (Phi) is 4.62. The molecule has 3 rings (SSSR count). The van der Waals surface area contributed by atoms with Crippen molar-refractivity contribution in [1.29, 1.82) is 0 Å². The van der Waals surface area contributed by atoms with E-state index in [-0.39, 0.29) is 5.56 Å². The third-order valence-corrected chi connectivity index (χ3v) is 4.11. The van der Waals surface area contributed by atoms with Gasteiger partial charge in [-0.05, 0) is 32.5 Å². The number of nitrogens with zero attached hydrogens (tertiary/aromatic N) is 2. The van der Waals surface area contributed by atoms with Crippen molar-refractivity contribution in [2.45, 2.75) is 26.9 Å². The molecule has 2 heterocycles. The molecule has 0 amide bonds. The van der Waals surface area contributed by atoms with Gasteiger partial charge in [-0.3, -0.25) is 9.69 Å². The van der Waals surface area contributed by atoms with Crippen LogP contribution in [0, 0.1) is 13.8 Å². The molecule has 0 aliphatic heterocycles. The van der Waals surface area contributed by atoms with Crippen LogP contribution in [0.5, 0.6) is 0 Å². The summed E-state index contributed by atoms with van der Waals surface area (Å²) in [4.78, 5) is 21.4. The summed E-state index contributed by atoms with van der Waals surface area (Å²) in [5, 5.41) is 0. The van der Waals surface area contributed by atoms with E-state index in [1.807, 2.05) is 25.1 Å². The molecule has 5 nitrogen and oxygen atoms in total. The van der Waals surface area contributed by atoms with Crippen LogP contribution in [0.25, 0.3) is 11.4 Å². The third-order valence-electron chi connectivity index (χ3n) is 4.11. The van der Waals surface area contributed by atoms with E-state index in [9.17, 15) is 4.79 Å². The van der Waals surface area contributed by atoms with Crippen LogP contribution >= 0.6 is 0 Å². The summed E-state index contributed by atoms with van der Waals surface area (Å²) in [5.41, 5.74) is 4.62. The standard InChI is InChI=1S/C19H21N3O2/c1-13-14(2)20-18(21-19(13)23)17-6-4-15(5-7-17)10-22(3)11-16-8-9-24-12-16/h4-9,12H,10-11H2,1-3H3,(H,20,21,23). The van der Waals surface area contributed by atoms with Gasteiger partial charge in [0.15, 0.2) is 0 Å². The zero-order valence-electron chi connectivity index (χ0n) is 14.2. The van der Waals surface area contributed by atoms with Gasteiger partial charge in [-0.15, -0.1) is 0 Å². The molecule has 0 atom stereocenters. The van der Waals surface area contributed by atoms with Gasteiger partial charge in [0.1, 0.15) is 5.82 Å². The van der Waals surface area contributed by atoms with E-state index >= 15 is 0 Å². The zero-order chi connectivity index (χ0) is 17.1. The van der Waals surface area contributed by atoms with Gasteiger partial charge in [0, 0.05) is 35.5 Å². The molecule has 0 radical (unpaired) electrons. The molecule has 3 aromatic rings. The highest BCUT2D eigenvalue weighted by Crippen LogP contribution is 2.17. The molecule has 0 spiro atoms. The second-order valence-electron chi connectivity index (χ2n) is 6.13. The topological polar surface area (TPSA) is 62.1 Å². The molecular formula is C19H21N3O2. The molecule has 2 aromatic heterocycles. The normalized spacial score (nSPS) is 11.2. The molecule has 0 saturated carbocycles. The van der Waals surface area contributed by atoms with Gasteiger partial charge in [-0.2, -0.15) is 0 Å². The van der Waals surface area contributed by atoms with E-state index in [2.05, 4.69) is 34.0 Å². The Morgan fingerprint density at radius 3 is 2.42 bits per heavy atom. The van der Waals surface area contributed by atoms with Crippen LogP contribution < -0.4 is 5.56 Å². The minimum absolute atomic E-state index is 0.0820. The number of hydrogen-bond donors (Lipinski definition) is 1. The van der Waals surface area contributed by atoms with Gasteiger partial charge >= 0.3 is 0 Å². The first kappa shape index (κ1) is 16.2. The fourth-order valence-electron chi connectivity index (χ4n) is 2.61. The summed E-state index contributed by atoms with van der Waals surface area (Å²) in [7, 11) is 2.07. The average Bonchev–Trinajstić information content (AvgIpc) is 3.05. The predicted octanol–water partition coefficient (Wildman–Crippen LogP) is 3.28. The summed E-state index contributed by atoms with van der Waals surface area (Å²) in [6.07, 6.45) is 3.46. The number of benzene rings is 1.